The monoisotopic (exact) mass is 305 g/mol. The van der Waals surface area contributed by atoms with Gasteiger partial charge in [-0.25, -0.2) is 4.79 Å². The number of alkyl halides is 3. The molecule has 6 nitrogen and oxygen atoms in total. The largest absolute Gasteiger partial charge is 0.480 e. The number of carbonyl (C=O) groups is 1. The Balaban J connectivity index is 1.89. The molecule has 0 amide bonds. The summed E-state index contributed by atoms with van der Waals surface area (Å²) in [7, 11) is 0. The van der Waals surface area contributed by atoms with Crippen molar-refractivity contribution in [3.8, 4) is 0 Å². The fourth-order valence-corrected chi connectivity index (χ4v) is 2.09. The highest BCUT2D eigenvalue weighted by molar-refractivity contribution is 5.68. The maximum atomic E-state index is 12.4. The highest BCUT2D eigenvalue weighted by Gasteiger charge is 2.33. The standard InChI is InChI=1S/C12H14F3N3O3/c13-12(14,15)9-1-2-10(17-16-9)18-5-3-8(4-6-18)21-7-11(19)20/h1-2,8H,3-7H2,(H,19,20). The Morgan fingerprint density at radius 2 is 2.00 bits per heavy atom. The molecule has 9 heteroatoms. The number of carboxylic acid groups (broad SMARTS) is 1. The molecule has 116 valence electrons. The highest BCUT2D eigenvalue weighted by Crippen LogP contribution is 2.28. The number of piperidine rings is 1. The number of halogens is 3. The number of hydrogen-bond donors (Lipinski definition) is 1. The molecule has 1 aromatic rings. The van der Waals surface area contributed by atoms with Crippen LogP contribution in [0.2, 0.25) is 0 Å². The number of carboxylic acids is 1. The van der Waals surface area contributed by atoms with Gasteiger partial charge in [-0.3, -0.25) is 0 Å². The second-order valence-electron chi connectivity index (χ2n) is 4.67. The molecular formula is C12H14F3N3O3. The van der Waals surface area contributed by atoms with Crippen LogP contribution in [0.1, 0.15) is 18.5 Å². The van der Waals surface area contributed by atoms with Crippen LogP contribution in [0.25, 0.3) is 0 Å². The quantitative estimate of drug-likeness (QED) is 0.910. The van der Waals surface area contributed by atoms with E-state index in [0.717, 1.165) is 6.07 Å². The predicted molar refractivity (Wildman–Crippen MR) is 65.9 cm³/mol. The van der Waals surface area contributed by atoms with E-state index in [1.165, 1.54) is 6.07 Å². The Bertz CT molecular complexity index is 485. The average Bonchev–Trinajstić information content (AvgIpc) is 2.45. The van der Waals surface area contributed by atoms with E-state index >= 15 is 0 Å². The molecule has 0 atom stereocenters. The molecular weight excluding hydrogens is 291 g/mol. The molecule has 0 bridgehead atoms. The lowest BCUT2D eigenvalue weighted by Crippen LogP contribution is -2.38. The Morgan fingerprint density at radius 3 is 2.48 bits per heavy atom. The minimum Gasteiger partial charge on any atom is -0.480 e. The van der Waals surface area contributed by atoms with Crippen LogP contribution < -0.4 is 4.90 Å². The summed E-state index contributed by atoms with van der Waals surface area (Å²) in [6.07, 6.45) is -3.46. The predicted octanol–water partition coefficient (Wildman–Crippen LogP) is 1.57. The van der Waals surface area contributed by atoms with Crippen LogP contribution in [-0.2, 0) is 15.7 Å². The summed E-state index contributed by atoms with van der Waals surface area (Å²) in [5.41, 5.74) is -1.02. The highest BCUT2D eigenvalue weighted by atomic mass is 19.4. The molecule has 1 aromatic heterocycles. The first-order valence-electron chi connectivity index (χ1n) is 6.35. The lowest BCUT2D eigenvalue weighted by Gasteiger charge is -2.32. The van der Waals surface area contributed by atoms with Gasteiger partial charge in [-0.05, 0) is 25.0 Å². The Labute approximate surface area is 118 Å². The van der Waals surface area contributed by atoms with E-state index in [0.29, 0.717) is 31.7 Å². The first kappa shape index (κ1) is 15.5. The first-order valence-corrected chi connectivity index (χ1v) is 6.35. The number of ether oxygens (including phenoxy) is 1. The molecule has 1 saturated heterocycles. The van der Waals surface area contributed by atoms with E-state index < -0.39 is 17.8 Å². The van der Waals surface area contributed by atoms with E-state index in [1.54, 1.807) is 4.90 Å². The lowest BCUT2D eigenvalue weighted by atomic mass is 10.1. The van der Waals surface area contributed by atoms with Crippen molar-refractivity contribution in [1.82, 2.24) is 10.2 Å². The topological polar surface area (TPSA) is 75.6 Å². The van der Waals surface area contributed by atoms with Gasteiger partial charge in [-0.2, -0.15) is 13.2 Å². The van der Waals surface area contributed by atoms with Crippen LogP contribution in [0.4, 0.5) is 19.0 Å². The van der Waals surface area contributed by atoms with E-state index in [1.807, 2.05) is 0 Å². The van der Waals surface area contributed by atoms with Crippen molar-refractivity contribution in [3.05, 3.63) is 17.8 Å². The maximum Gasteiger partial charge on any atom is 0.435 e. The van der Waals surface area contributed by atoms with Crippen molar-refractivity contribution < 1.29 is 27.8 Å². The van der Waals surface area contributed by atoms with Crippen molar-refractivity contribution in [2.75, 3.05) is 24.6 Å². The SMILES string of the molecule is O=C(O)COC1CCN(c2ccc(C(F)(F)F)nn2)CC1. The van der Waals surface area contributed by atoms with Crippen LogP contribution in [0.15, 0.2) is 12.1 Å². The molecule has 0 aliphatic carbocycles. The lowest BCUT2D eigenvalue weighted by molar-refractivity contribution is -0.145. The third kappa shape index (κ3) is 4.28. The van der Waals surface area contributed by atoms with Crippen molar-refractivity contribution >= 4 is 11.8 Å². The number of rotatable bonds is 4. The van der Waals surface area contributed by atoms with Crippen molar-refractivity contribution in [3.63, 3.8) is 0 Å². The molecule has 1 N–H and O–H groups in total. The summed E-state index contributed by atoms with van der Waals surface area (Å²) in [6, 6.07) is 2.18. The molecule has 1 aliphatic heterocycles. The smallest absolute Gasteiger partial charge is 0.435 e. The van der Waals surface area contributed by atoms with Crippen molar-refractivity contribution in [1.29, 1.82) is 0 Å². The summed E-state index contributed by atoms with van der Waals surface area (Å²) in [4.78, 5) is 12.2. The fourth-order valence-electron chi connectivity index (χ4n) is 2.09. The van der Waals surface area contributed by atoms with Crippen LogP contribution in [0.5, 0.6) is 0 Å². The normalized spacial score (nSPS) is 17.0. The van der Waals surface area contributed by atoms with Gasteiger partial charge in [0, 0.05) is 13.1 Å². The zero-order valence-corrected chi connectivity index (χ0v) is 11.0. The molecule has 2 rings (SSSR count). The van der Waals surface area contributed by atoms with Crippen LogP contribution in [-0.4, -0.2) is 47.1 Å². The summed E-state index contributed by atoms with van der Waals surface area (Å²) in [5.74, 6) is -0.647. The molecule has 21 heavy (non-hydrogen) atoms. The summed E-state index contributed by atoms with van der Waals surface area (Å²) < 4.78 is 42.3. The van der Waals surface area contributed by atoms with E-state index in [2.05, 4.69) is 10.2 Å². The van der Waals surface area contributed by atoms with Crippen LogP contribution in [0.3, 0.4) is 0 Å². The molecule has 0 radical (unpaired) electrons. The second-order valence-corrected chi connectivity index (χ2v) is 4.67. The fraction of sp³-hybridized carbons (Fsp3) is 0.583. The zero-order chi connectivity index (χ0) is 15.5. The summed E-state index contributed by atoms with van der Waals surface area (Å²) >= 11 is 0. The van der Waals surface area contributed by atoms with Gasteiger partial charge in [0.05, 0.1) is 6.10 Å². The van der Waals surface area contributed by atoms with Crippen LogP contribution >= 0.6 is 0 Å². The van der Waals surface area contributed by atoms with Crippen LogP contribution in [0, 0.1) is 0 Å². The van der Waals surface area contributed by atoms with Gasteiger partial charge < -0.3 is 14.7 Å². The van der Waals surface area contributed by atoms with Gasteiger partial charge in [-0.1, -0.05) is 0 Å². The van der Waals surface area contributed by atoms with Gasteiger partial charge in [0.2, 0.25) is 0 Å². The Morgan fingerprint density at radius 1 is 1.33 bits per heavy atom. The molecule has 0 unspecified atom stereocenters. The average molecular weight is 305 g/mol. The molecule has 0 aromatic carbocycles. The Kier molecular flexibility index (Phi) is 4.61. The van der Waals surface area contributed by atoms with Gasteiger partial charge in [-0.15, -0.1) is 10.2 Å². The number of aromatic nitrogens is 2. The number of nitrogens with zero attached hydrogens (tertiary/aromatic N) is 3. The van der Waals surface area contributed by atoms with Gasteiger partial charge in [0.1, 0.15) is 6.61 Å². The first-order chi connectivity index (χ1) is 9.86. The summed E-state index contributed by atoms with van der Waals surface area (Å²) in [6.45, 7) is 0.722. The van der Waals surface area contributed by atoms with E-state index in [9.17, 15) is 18.0 Å². The molecule has 0 spiro atoms. The Hall–Kier alpha value is -1.90. The molecule has 1 aliphatic rings. The van der Waals surface area contributed by atoms with Crippen molar-refractivity contribution in [2.45, 2.75) is 25.1 Å². The third-order valence-corrected chi connectivity index (χ3v) is 3.15. The van der Waals surface area contributed by atoms with E-state index in [-0.39, 0.29) is 12.7 Å². The zero-order valence-electron chi connectivity index (χ0n) is 11.0. The van der Waals surface area contributed by atoms with Crippen molar-refractivity contribution in [2.24, 2.45) is 0 Å². The van der Waals surface area contributed by atoms with Gasteiger partial charge in [0.15, 0.2) is 11.5 Å². The minimum absolute atomic E-state index is 0.153. The number of aliphatic carboxylic acids is 1. The number of hydrogen-bond acceptors (Lipinski definition) is 5. The second kappa shape index (κ2) is 6.25. The maximum absolute atomic E-state index is 12.4. The van der Waals surface area contributed by atoms with Gasteiger partial charge in [0.25, 0.3) is 0 Å². The van der Waals surface area contributed by atoms with Gasteiger partial charge >= 0.3 is 12.1 Å². The van der Waals surface area contributed by atoms with E-state index in [4.69, 9.17) is 9.84 Å². The minimum atomic E-state index is -4.50. The molecule has 1 fully saturated rings. The molecule has 0 saturated carbocycles. The number of anilines is 1. The third-order valence-electron chi connectivity index (χ3n) is 3.15. The summed E-state index contributed by atoms with van der Waals surface area (Å²) in [5, 5.41) is 15.3. The molecule has 2 heterocycles.